The minimum Gasteiger partial charge on any atom is -0.492 e. The maximum absolute atomic E-state index is 12.6. The maximum atomic E-state index is 12.6. The van der Waals surface area contributed by atoms with Gasteiger partial charge in [-0.15, -0.1) is 0 Å². The molecule has 7 heteroatoms. The second kappa shape index (κ2) is 10.1. The number of hydrogen-bond acceptors (Lipinski definition) is 5. The molecular formula is C26H35NO5Si. The van der Waals surface area contributed by atoms with Crippen molar-refractivity contribution in [2.75, 3.05) is 19.9 Å². The number of fused-ring (bicyclic) bond motifs is 1. The number of para-hydroxylation sites is 1. The van der Waals surface area contributed by atoms with Crippen LogP contribution in [-0.4, -0.2) is 50.9 Å². The Bertz CT molecular complexity index is 981. The molecule has 1 aliphatic heterocycles. The number of nitrogens with zero attached hydrogens (tertiary/aromatic N) is 1. The maximum Gasteiger partial charge on any atom is 0.260 e. The normalized spacial score (nSPS) is 15.0. The number of Topliss-reactive ketones (excluding diaryl/α,β-unsaturated/α-hetero) is 1. The van der Waals surface area contributed by atoms with Gasteiger partial charge in [0.15, 0.2) is 20.8 Å². The van der Waals surface area contributed by atoms with E-state index < -0.39 is 14.4 Å². The molecule has 0 saturated heterocycles. The van der Waals surface area contributed by atoms with Crippen LogP contribution < -0.4 is 9.47 Å². The SMILES string of the molecule is CC(=O)[C@H](Cc1ccc(OCCN2COc3ccccc3C2=O)cc1)O[Si](C)(C)C(C)(C)C. The summed E-state index contributed by atoms with van der Waals surface area (Å²) >= 11 is 0. The fraction of sp³-hybridized carbons (Fsp3) is 0.462. The van der Waals surface area contributed by atoms with Gasteiger partial charge in [0.25, 0.3) is 5.91 Å². The van der Waals surface area contributed by atoms with Gasteiger partial charge in [0.1, 0.15) is 24.2 Å². The van der Waals surface area contributed by atoms with Gasteiger partial charge in [-0.2, -0.15) is 0 Å². The summed E-state index contributed by atoms with van der Waals surface area (Å²) in [5.41, 5.74) is 1.60. The number of carbonyl (C=O) groups excluding carboxylic acids is 2. The Morgan fingerprint density at radius 2 is 1.79 bits per heavy atom. The lowest BCUT2D eigenvalue weighted by molar-refractivity contribution is -0.124. The Balaban J connectivity index is 1.53. The average molecular weight is 470 g/mol. The molecule has 1 atom stereocenters. The molecule has 33 heavy (non-hydrogen) atoms. The Kier molecular flexibility index (Phi) is 7.64. The fourth-order valence-corrected chi connectivity index (χ4v) is 4.64. The Labute approximate surface area is 198 Å². The second-order valence-corrected chi connectivity index (χ2v) is 14.8. The monoisotopic (exact) mass is 469 g/mol. The third-order valence-corrected chi connectivity index (χ3v) is 10.9. The summed E-state index contributed by atoms with van der Waals surface area (Å²) in [6.07, 6.45) is 0.104. The van der Waals surface area contributed by atoms with E-state index in [9.17, 15) is 9.59 Å². The van der Waals surface area contributed by atoms with Gasteiger partial charge in [0.2, 0.25) is 0 Å². The molecule has 0 saturated carbocycles. The minimum atomic E-state index is -2.05. The lowest BCUT2D eigenvalue weighted by atomic mass is 10.1. The van der Waals surface area contributed by atoms with E-state index in [4.69, 9.17) is 13.9 Å². The van der Waals surface area contributed by atoms with Crippen LogP contribution >= 0.6 is 0 Å². The molecule has 0 unspecified atom stereocenters. The van der Waals surface area contributed by atoms with Crippen molar-refractivity contribution in [1.82, 2.24) is 4.90 Å². The number of benzene rings is 2. The van der Waals surface area contributed by atoms with Crippen molar-refractivity contribution in [1.29, 1.82) is 0 Å². The lowest BCUT2D eigenvalue weighted by Gasteiger charge is -2.38. The van der Waals surface area contributed by atoms with Gasteiger partial charge in [0, 0.05) is 6.42 Å². The number of rotatable bonds is 9. The number of carbonyl (C=O) groups is 2. The van der Waals surface area contributed by atoms with Crippen molar-refractivity contribution in [3.05, 3.63) is 59.7 Å². The standard InChI is InChI=1S/C26H35NO5Si/c1-19(28)24(32-33(5,6)26(2,3)4)17-20-11-13-21(14-12-20)30-16-15-27-18-31-23-10-8-7-9-22(23)25(27)29/h7-14,24H,15-18H2,1-6H3/t24-/m0/s1. The summed E-state index contributed by atoms with van der Waals surface area (Å²) in [6, 6.07) is 15.0. The van der Waals surface area contributed by atoms with Crippen LogP contribution in [0.2, 0.25) is 18.1 Å². The molecule has 0 radical (unpaired) electrons. The van der Waals surface area contributed by atoms with Crippen molar-refractivity contribution < 1.29 is 23.5 Å². The molecule has 0 aliphatic carbocycles. The highest BCUT2D eigenvalue weighted by Crippen LogP contribution is 2.37. The first kappa shape index (κ1) is 25.0. The molecule has 178 valence electrons. The number of hydrogen-bond donors (Lipinski definition) is 0. The third kappa shape index (κ3) is 6.24. The van der Waals surface area contributed by atoms with E-state index in [0.717, 1.165) is 5.56 Å². The van der Waals surface area contributed by atoms with Crippen LogP contribution in [0.4, 0.5) is 0 Å². The minimum absolute atomic E-state index is 0.0429. The highest BCUT2D eigenvalue weighted by Gasteiger charge is 2.40. The summed E-state index contributed by atoms with van der Waals surface area (Å²) < 4.78 is 17.9. The topological polar surface area (TPSA) is 65.1 Å². The molecule has 0 bridgehead atoms. The van der Waals surface area contributed by atoms with Crippen LogP contribution in [0.5, 0.6) is 11.5 Å². The molecule has 0 fully saturated rings. The number of ether oxygens (including phenoxy) is 2. The van der Waals surface area contributed by atoms with Crippen LogP contribution in [-0.2, 0) is 15.6 Å². The molecule has 0 spiro atoms. The number of ketones is 1. The molecule has 1 aliphatic rings. The summed E-state index contributed by atoms with van der Waals surface area (Å²) in [5.74, 6) is 1.34. The van der Waals surface area contributed by atoms with Gasteiger partial charge < -0.3 is 18.8 Å². The zero-order chi connectivity index (χ0) is 24.2. The van der Waals surface area contributed by atoms with Gasteiger partial charge in [-0.25, -0.2) is 0 Å². The predicted molar refractivity (Wildman–Crippen MR) is 131 cm³/mol. The molecule has 2 aromatic carbocycles. The van der Waals surface area contributed by atoms with E-state index in [0.29, 0.717) is 36.6 Å². The second-order valence-electron chi connectivity index (χ2n) is 10.0. The van der Waals surface area contributed by atoms with E-state index in [1.54, 1.807) is 24.0 Å². The first-order chi connectivity index (χ1) is 15.5. The van der Waals surface area contributed by atoms with Crippen LogP contribution in [0.25, 0.3) is 0 Å². The largest absolute Gasteiger partial charge is 0.492 e. The van der Waals surface area contributed by atoms with E-state index >= 15 is 0 Å². The Morgan fingerprint density at radius 3 is 2.42 bits per heavy atom. The molecular weight excluding hydrogens is 434 g/mol. The molecule has 6 nitrogen and oxygen atoms in total. The van der Waals surface area contributed by atoms with E-state index in [1.807, 2.05) is 36.4 Å². The summed E-state index contributed by atoms with van der Waals surface area (Å²) in [5, 5.41) is 0.0429. The number of amides is 1. The van der Waals surface area contributed by atoms with Crippen LogP contribution in [0.1, 0.15) is 43.6 Å². The Morgan fingerprint density at radius 1 is 1.12 bits per heavy atom. The van der Waals surface area contributed by atoms with Crippen LogP contribution in [0.15, 0.2) is 48.5 Å². The quantitative estimate of drug-likeness (QED) is 0.479. The smallest absolute Gasteiger partial charge is 0.260 e. The van der Waals surface area contributed by atoms with Crippen LogP contribution in [0, 0.1) is 0 Å². The van der Waals surface area contributed by atoms with Crippen molar-refractivity contribution in [3.63, 3.8) is 0 Å². The van der Waals surface area contributed by atoms with Crippen molar-refractivity contribution in [2.45, 2.75) is 58.4 Å². The summed E-state index contributed by atoms with van der Waals surface area (Å²) in [4.78, 5) is 26.5. The van der Waals surface area contributed by atoms with Crippen molar-refractivity contribution in [2.24, 2.45) is 0 Å². The van der Waals surface area contributed by atoms with E-state index in [2.05, 4.69) is 33.9 Å². The molecule has 1 amide bonds. The summed E-state index contributed by atoms with van der Waals surface area (Å²) in [6.45, 7) is 13.5. The lowest BCUT2D eigenvalue weighted by Crippen LogP contribution is -2.46. The van der Waals surface area contributed by atoms with Gasteiger partial charge in [-0.1, -0.05) is 45.0 Å². The van der Waals surface area contributed by atoms with Gasteiger partial charge >= 0.3 is 0 Å². The molecule has 1 heterocycles. The molecule has 2 aromatic rings. The Hall–Kier alpha value is -2.64. The molecule has 0 N–H and O–H groups in total. The third-order valence-electron chi connectivity index (χ3n) is 6.45. The average Bonchev–Trinajstić information content (AvgIpc) is 2.75. The summed E-state index contributed by atoms with van der Waals surface area (Å²) in [7, 11) is -2.05. The van der Waals surface area contributed by atoms with Crippen LogP contribution in [0.3, 0.4) is 0 Å². The molecule has 3 rings (SSSR count). The highest BCUT2D eigenvalue weighted by molar-refractivity contribution is 6.74. The van der Waals surface area contributed by atoms with Crippen molar-refractivity contribution in [3.8, 4) is 11.5 Å². The highest BCUT2D eigenvalue weighted by atomic mass is 28.4. The van der Waals surface area contributed by atoms with Gasteiger partial charge in [-0.3, -0.25) is 9.59 Å². The van der Waals surface area contributed by atoms with E-state index in [-0.39, 0.29) is 23.5 Å². The first-order valence-electron chi connectivity index (χ1n) is 11.4. The van der Waals surface area contributed by atoms with E-state index in [1.165, 1.54) is 0 Å². The first-order valence-corrected chi connectivity index (χ1v) is 14.3. The zero-order valence-corrected chi connectivity index (χ0v) is 21.5. The van der Waals surface area contributed by atoms with Gasteiger partial charge in [0.05, 0.1) is 12.1 Å². The fourth-order valence-electron chi connectivity index (χ4n) is 3.32. The predicted octanol–water partition coefficient (Wildman–Crippen LogP) is 5.08. The zero-order valence-electron chi connectivity index (χ0n) is 20.5. The molecule has 0 aromatic heterocycles. The van der Waals surface area contributed by atoms with Gasteiger partial charge in [-0.05, 0) is 54.9 Å². The van der Waals surface area contributed by atoms with Crippen molar-refractivity contribution >= 4 is 20.0 Å².